The number of carbonyl (C=O) groups is 1. The third-order valence-corrected chi connectivity index (χ3v) is 9.83. The fourth-order valence-corrected chi connectivity index (χ4v) is 5.75. The summed E-state index contributed by atoms with van der Waals surface area (Å²) in [6, 6.07) is 10.3. The van der Waals surface area contributed by atoms with Crippen LogP contribution in [0.1, 0.15) is 33.6 Å². The molecule has 0 radical (unpaired) electrons. The molecule has 0 saturated carbocycles. The van der Waals surface area contributed by atoms with Gasteiger partial charge in [0.1, 0.15) is 8.07 Å². The molecule has 1 rings (SSSR count). The van der Waals surface area contributed by atoms with Gasteiger partial charge in [-0.3, -0.25) is 0 Å². The summed E-state index contributed by atoms with van der Waals surface area (Å²) in [5.74, 6) is -0.151. The van der Waals surface area contributed by atoms with E-state index >= 15 is 0 Å². The largest absolute Gasteiger partial charge is 0.463 e. The predicted octanol–water partition coefficient (Wildman–Crippen LogP) is 3.43. The summed E-state index contributed by atoms with van der Waals surface area (Å²) < 4.78 is 4.86. The van der Waals surface area contributed by atoms with Gasteiger partial charge in [-0.15, -0.1) is 0 Å². The normalized spacial score (nSPS) is 16.1. The second kappa shape index (κ2) is 8.46. The molecule has 0 amide bonds. The van der Waals surface area contributed by atoms with Crippen molar-refractivity contribution in [3.05, 3.63) is 42.5 Å². The van der Waals surface area contributed by atoms with E-state index in [1.165, 1.54) is 11.3 Å². The van der Waals surface area contributed by atoms with Crippen LogP contribution in [0.5, 0.6) is 0 Å². The van der Waals surface area contributed by atoms with Crippen LogP contribution in [-0.2, 0) is 9.53 Å². The van der Waals surface area contributed by atoms with Gasteiger partial charge >= 0.3 is 5.97 Å². The van der Waals surface area contributed by atoms with E-state index in [-0.39, 0.29) is 11.9 Å². The van der Waals surface area contributed by atoms with Crippen molar-refractivity contribution in [2.24, 2.45) is 5.92 Å². The van der Waals surface area contributed by atoms with Crippen molar-refractivity contribution < 1.29 is 14.6 Å². The second-order valence-corrected chi connectivity index (χ2v) is 11.6. The molecule has 0 aliphatic carbocycles. The van der Waals surface area contributed by atoms with Gasteiger partial charge in [-0.1, -0.05) is 61.6 Å². The molecular weight excluding hydrogens is 304 g/mol. The Morgan fingerprint density at radius 2 is 1.96 bits per heavy atom. The van der Waals surface area contributed by atoms with E-state index < -0.39 is 13.3 Å². The standard InChI is InChI=1S/C19H30O3Si/c1-6-22-18(20)15-11-10-12-16(2)19(3,21)23(4,5)17-13-8-7-9-14-17/h7-9,11,13-16,21H,6,10,12H2,1-5H3/b15-11+. The minimum absolute atomic E-state index is 0.149. The van der Waals surface area contributed by atoms with Crippen LogP contribution in [0.3, 0.4) is 0 Å². The number of hydrogen-bond acceptors (Lipinski definition) is 3. The maximum Gasteiger partial charge on any atom is 0.330 e. The van der Waals surface area contributed by atoms with Crippen molar-refractivity contribution in [2.45, 2.75) is 51.9 Å². The third-order valence-electron chi connectivity index (χ3n) is 5.03. The van der Waals surface area contributed by atoms with Crippen LogP contribution >= 0.6 is 0 Å². The minimum Gasteiger partial charge on any atom is -0.463 e. The van der Waals surface area contributed by atoms with E-state index in [1.807, 2.05) is 31.2 Å². The summed E-state index contributed by atoms with van der Waals surface area (Å²) in [4.78, 5) is 11.3. The Morgan fingerprint density at radius 3 is 2.52 bits per heavy atom. The molecule has 0 aliphatic rings. The molecule has 0 spiro atoms. The fourth-order valence-electron chi connectivity index (χ4n) is 2.76. The van der Waals surface area contributed by atoms with Gasteiger partial charge in [-0.2, -0.15) is 0 Å². The lowest BCUT2D eigenvalue weighted by Gasteiger charge is -2.43. The molecule has 2 unspecified atom stereocenters. The predicted molar refractivity (Wildman–Crippen MR) is 98.4 cm³/mol. The van der Waals surface area contributed by atoms with Crippen LogP contribution in [0.15, 0.2) is 42.5 Å². The molecular formula is C19H30O3Si. The highest BCUT2D eigenvalue weighted by atomic mass is 28.3. The smallest absolute Gasteiger partial charge is 0.330 e. The molecule has 1 aromatic carbocycles. The Morgan fingerprint density at radius 1 is 1.35 bits per heavy atom. The Bertz CT molecular complexity index is 521. The molecule has 0 aromatic heterocycles. The number of hydrogen-bond donors (Lipinski definition) is 1. The van der Waals surface area contributed by atoms with Crippen LogP contribution in [0, 0.1) is 5.92 Å². The van der Waals surface area contributed by atoms with E-state index in [2.05, 4.69) is 32.2 Å². The van der Waals surface area contributed by atoms with Crippen LogP contribution in [-0.4, -0.2) is 31.0 Å². The second-order valence-electron chi connectivity index (χ2n) is 6.77. The maximum atomic E-state index is 11.3. The maximum absolute atomic E-state index is 11.3. The number of ether oxygens (including phenoxy) is 1. The Balaban J connectivity index is 2.70. The van der Waals surface area contributed by atoms with Gasteiger partial charge in [0, 0.05) is 6.08 Å². The number of esters is 1. The summed E-state index contributed by atoms with van der Waals surface area (Å²) >= 11 is 0. The van der Waals surface area contributed by atoms with Gasteiger partial charge in [-0.05, 0) is 32.6 Å². The number of rotatable bonds is 8. The Kier molecular flexibility index (Phi) is 7.23. The number of allylic oxidation sites excluding steroid dienone is 1. The molecule has 1 N–H and O–H groups in total. The zero-order valence-corrected chi connectivity index (χ0v) is 16.0. The monoisotopic (exact) mass is 334 g/mol. The highest BCUT2D eigenvalue weighted by Crippen LogP contribution is 2.31. The zero-order chi connectivity index (χ0) is 17.5. The molecule has 1 aromatic rings. The van der Waals surface area contributed by atoms with E-state index in [1.54, 1.807) is 6.92 Å². The van der Waals surface area contributed by atoms with Crippen molar-refractivity contribution in [3.63, 3.8) is 0 Å². The number of benzene rings is 1. The first kappa shape index (κ1) is 19.7. The first-order valence-corrected chi connectivity index (χ1v) is 11.3. The molecule has 4 heteroatoms. The molecule has 0 saturated heterocycles. The average molecular weight is 335 g/mol. The zero-order valence-electron chi connectivity index (χ0n) is 15.0. The Hall–Kier alpha value is -1.39. The molecule has 3 nitrogen and oxygen atoms in total. The summed E-state index contributed by atoms with van der Waals surface area (Å²) in [5.41, 5.74) is 0. The first-order valence-electron chi connectivity index (χ1n) is 8.34. The highest BCUT2D eigenvalue weighted by Gasteiger charge is 2.45. The van der Waals surface area contributed by atoms with Crippen LogP contribution in [0.4, 0.5) is 0 Å². The van der Waals surface area contributed by atoms with Crippen LogP contribution in [0.2, 0.25) is 13.1 Å². The summed E-state index contributed by atoms with van der Waals surface area (Å²) in [5, 5.41) is 11.7. The molecule has 0 heterocycles. The third kappa shape index (κ3) is 5.04. The topological polar surface area (TPSA) is 46.5 Å². The van der Waals surface area contributed by atoms with Gasteiger partial charge in [0.2, 0.25) is 0 Å². The first-order chi connectivity index (χ1) is 10.7. The van der Waals surface area contributed by atoms with Gasteiger partial charge in [0.25, 0.3) is 0 Å². The van der Waals surface area contributed by atoms with Crippen molar-refractivity contribution >= 4 is 19.2 Å². The van der Waals surface area contributed by atoms with E-state index in [0.29, 0.717) is 6.61 Å². The quantitative estimate of drug-likeness (QED) is 0.450. The van der Waals surface area contributed by atoms with E-state index in [9.17, 15) is 9.90 Å². The molecule has 0 bridgehead atoms. The van der Waals surface area contributed by atoms with E-state index in [0.717, 1.165) is 12.8 Å². The van der Waals surface area contributed by atoms with Gasteiger partial charge in [0.05, 0.1) is 11.8 Å². The molecule has 2 atom stereocenters. The Labute approximate surface area is 141 Å². The van der Waals surface area contributed by atoms with Gasteiger partial charge < -0.3 is 9.84 Å². The van der Waals surface area contributed by atoms with Gasteiger partial charge in [-0.25, -0.2) is 4.79 Å². The minimum atomic E-state index is -2.02. The lowest BCUT2D eigenvalue weighted by molar-refractivity contribution is -0.137. The number of carbonyl (C=O) groups excluding carboxylic acids is 1. The van der Waals surface area contributed by atoms with Crippen molar-refractivity contribution in [1.82, 2.24) is 0 Å². The lowest BCUT2D eigenvalue weighted by Crippen LogP contribution is -2.63. The summed E-state index contributed by atoms with van der Waals surface area (Å²) in [6.45, 7) is 10.7. The molecule has 0 fully saturated rings. The molecule has 128 valence electrons. The lowest BCUT2D eigenvalue weighted by atomic mass is 9.99. The highest BCUT2D eigenvalue weighted by molar-refractivity contribution is 6.92. The van der Waals surface area contributed by atoms with Crippen molar-refractivity contribution in [2.75, 3.05) is 6.61 Å². The van der Waals surface area contributed by atoms with Gasteiger partial charge in [0.15, 0.2) is 0 Å². The summed E-state index contributed by atoms with van der Waals surface area (Å²) in [6.07, 6.45) is 4.91. The van der Waals surface area contributed by atoms with Crippen LogP contribution in [0.25, 0.3) is 0 Å². The number of aliphatic hydroxyl groups is 1. The van der Waals surface area contributed by atoms with Crippen molar-refractivity contribution in [3.8, 4) is 0 Å². The summed E-state index contributed by atoms with van der Waals surface area (Å²) in [7, 11) is -2.02. The fraction of sp³-hybridized carbons (Fsp3) is 0.526. The van der Waals surface area contributed by atoms with Crippen LogP contribution < -0.4 is 5.19 Å². The molecule has 23 heavy (non-hydrogen) atoms. The average Bonchev–Trinajstić information content (AvgIpc) is 2.52. The van der Waals surface area contributed by atoms with Crippen molar-refractivity contribution in [1.29, 1.82) is 0 Å². The molecule has 0 aliphatic heterocycles. The van der Waals surface area contributed by atoms with E-state index in [4.69, 9.17) is 4.74 Å². The SMILES string of the molecule is CCOC(=O)/C=C/CCC(C)C(C)(O)[Si](C)(C)c1ccccc1.